The van der Waals surface area contributed by atoms with E-state index in [-0.39, 0.29) is 0 Å². The van der Waals surface area contributed by atoms with E-state index in [1.807, 2.05) is 0 Å². The molecule has 0 spiro atoms. The van der Waals surface area contributed by atoms with Gasteiger partial charge in [-0.2, -0.15) is 0 Å². The van der Waals surface area contributed by atoms with Crippen molar-refractivity contribution in [3.8, 4) is 0 Å². The number of hydrogen-bond acceptors (Lipinski definition) is 0. The molecular formula is C5H6Br4. The van der Waals surface area contributed by atoms with Gasteiger partial charge in [-0.1, -0.05) is 63.7 Å². The van der Waals surface area contributed by atoms with E-state index < -0.39 is 0 Å². The second-order valence-electron chi connectivity index (χ2n) is 2.16. The molecule has 1 aliphatic rings. The SMILES string of the molecule is BrC1CC(Br)C(Br)C1Br. The van der Waals surface area contributed by atoms with E-state index in [1.54, 1.807) is 0 Å². The van der Waals surface area contributed by atoms with Gasteiger partial charge in [0.2, 0.25) is 0 Å². The van der Waals surface area contributed by atoms with Crippen LogP contribution in [0.3, 0.4) is 0 Å². The van der Waals surface area contributed by atoms with E-state index in [0.717, 1.165) is 0 Å². The molecule has 0 radical (unpaired) electrons. The van der Waals surface area contributed by atoms with Crippen LogP contribution in [0.15, 0.2) is 0 Å². The van der Waals surface area contributed by atoms with Crippen molar-refractivity contribution in [1.82, 2.24) is 0 Å². The summed E-state index contributed by atoms with van der Waals surface area (Å²) in [6, 6.07) is 0. The predicted molar refractivity (Wildman–Crippen MR) is 55.5 cm³/mol. The van der Waals surface area contributed by atoms with Gasteiger partial charge in [-0.05, 0) is 6.42 Å². The van der Waals surface area contributed by atoms with Crippen LogP contribution in [-0.2, 0) is 0 Å². The smallest absolute Gasteiger partial charge is 0.0407 e. The Labute approximate surface area is 88.7 Å². The zero-order valence-electron chi connectivity index (χ0n) is 4.53. The Bertz CT molecular complexity index is 93.1. The number of halogens is 4. The molecule has 0 N–H and O–H groups in total. The summed E-state index contributed by atoms with van der Waals surface area (Å²) in [5.41, 5.74) is 0. The van der Waals surface area contributed by atoms with E-state index >= 15 is 0 Å². The maximum atomic E-state index is 3.59. The summed E-state index contributed by atoms with van der Waals surface area (Å²) in [4.78, 5) is 2.32. The summed E-state index contributed by atoms with van der Waals surface area (Å²) in [7, 11) is 0. The Kier molecular flexibility index (Phi) is 3.55. The third-order valence-electron chi connectivity index (χ3n) is 1.45. The molecule has 0 aliphatic heterocycles. The molecule has 4 unspecified atom stereocenters. The Hall–Kier alpha value is 1.92. The first-order chi connectivity index (χ1) is 4.13. The minimum atomic E-state index is 0.557. The average molecular weight is 386 g/mol. The molecule has 0 saturated heterocycles. The van der Waals surface area contributed by atoms with Crippen LogP contribution in [0.4, 0.5) is 0 Å². The van der Waals surface area contributed by atoms with Gasteiger partial charge in [0.15, 0.2) is 0 Å². The molecule has 0 heterocycles. The second-order valence-corrected chi connectivity index (χ2v) is 6.62. The molecule has 0 bridgehead atoms. The van der Waals surface area contributed by atoms with E-state index in [9.17, 15) is 0 Å². The van der Waals surface area contributed by atoms with Crippen molar-refractivity contribution < 1.29 is 0 Å². The van der Waals surface area contributed by atoms with Crippen LogP contribution in [-0.4, -0.2) is 19.3 Å². The monoisotopic (exact) mass is 382 g/mol. The third-order valence-corrected chi connectivity index (χ3v) is 7.88. The van der Waals surface area contributed by atoms with Crippen molar-refractivity contribution >= 4 is 63.7 Å². The maximum absolute atomic E-state index is 3.59. The van der Waals surface area contributed by atoms with Gasteiger partial charge in [0, 0.05) is 19.3 Å². The van der Waals surface area contributed by atoms with Crippen LogP contribution in [0.25, 0.3) is 0 Å². The van der Waals surface area contributed by atoms with Crippen LogP contribution in [0, 0.1) is 0 Å². The highest BCUT2D eigenvalue weighted by Gasteiger charge is 2.37. The summed E-state index contributed by atoms with van der Waals surface area (Å²) in [5, 5.41) is 0. The van der Waals surface area contributed by atoms with E-state index in [4.69, 9.17) is 0 Å². The highest BCUT2D eigenvalue weighted by molar-refractivity contribution is 9.14. The summed E-state index contributed by atoms with van der Waals surface area (Å²) >= 11 is 14.3. The molecule has 4 atom stereocenters. The highest BCUT2D eigenvalue weighted by atomic mass is 79.9. The van der Waals surface area contributed by atoms with Crippen LogP contribution in [0.5, 0.6) is 0 Å². The second kappa shape index (κ2) is 3.55. The minimum absolute atomic E-state index is 0.557. The van der Waals surface area contributed by atoms with Gasteiger partial charge in [-0.3, -0.25) is 0 Å². The summed E-state index contributed by atoms with van der Waals surface area (Å²) in [6.45, 7) is 0. The molecule has 0 aromatic heterocycles. The quantitative estimate of drug-likeness (QED) is 0.560. The first-order valence-electron chi connectivity index (χ1n) is 2.69. The van der Waals surface area contributed by atoms with Crippen molar-refractivity contribution in [2.45, 2.75) is 25.7 Å². The fourth-order valence-electron chi connectivity index (χ4n) is 0.874. The Morgan fingerprint density at radius 2 is 1.11 bits per heavy atom. The normalized spacial score (nSPS) is 52.0. The Morgan fingerprint density at radius 1 is 0.778 bits per heavy atom. The molecule has 0 nitrogen and oxygen atoms in total. The summed E-state index contributed by atoms with van der Waals surface area (Å²) in [5.74, 6) is 0. The minimum Gasteiger partial charge on any atom is -0.0878 e. The molecule has 1 aliphatic carbocycles. The van der Waals surface area contributed by atoms with E-state index in [0.29, 0.717) is 19.3 Å². The molecule has 4 heteroatoms. The van der Waals surface area contributed by atoms with Crippen molar-refractivity contribution in [2.75, 3.05) is 0 Å². The number of alkyl halides is 4. The topological polar surface area (TPSA) is 0 Å². The highest BCUT2D eigenvalue weighted by Crippen LogP contribution is 2.39. The van der Waals surface area contributed by atoms with E-state index in [2.05, 4.69) is 63.7 Å². The van der Waals surface area contributed by atoms with Crippen LogP contribution in [0.2, 0.25) is 0 Å². The van der Waals surface area contributed by atoms with Crippen LogP contribution < -0.4 is 0 Å². The zero-order valence-corrected chi connectivity index (χ0v) is 10.9. The zero-order chi connectivity index (χ0) is 7.02. The molecule has 0 amide bonds. The van der Waals surface area contributed by atoms with Gasteiger partial charge < -0.3 is 0 Å². The number of rotatable bonds is 0. The predicted octanol–water partition coefficient (Wildman–Crippen LogP) is 3.44. The molecule has 0 aromatic carbocycles. The van der Waals surface area contributed by atoms with Gasteiger partial charge in [-0.15, -0.1) is 0 Å². The molecule has 0 aromatic rings. The average Bonchev–Trinajstić information content (AvgIpc) is 1.98. The fraction of sp³-hybridized carbons (Fsp3) is 1.00. The number of hydrogen-bond donors (Lipinski definition) is 0. The van der Waals surface area contributed by atoms with Crippen molar-refractivity contribution in [1.29, 1.82) is 0 Å². The lowest BCUT2D eigenvalue weighted by molar-refractivity contribution is 0.946. The maximum Gasteiger partial charge on any atom is 0.0407 e. The molecule has 9 heavy (non-hydrogen) atoms. The molecule has 1 fully saturated rings. The van der Waals surface area contributed by atoms with Gasteiger partial charge in [-0.25, -0.2) is 0 Å². The standard InChI is InChI=1S/C5H6Br4/c6-2-1-3(7)5(9)4(2)8/h2-5H,1H2. The van der Waals surface area contributed by atoms with E-state index in [1.165, 1.54) is 6.42 Å². The molecule has 54 valence electrons. The Balaban J connectivity index is 2.54. The first kappa shape index (κ1) is 9.01. The molecular weight excluding hydrogens is 380 g/mol. The fourth-order valence-corrected chi connectivity index (χ4v) is 4.83. The lowest BCUT2D eigenvalue weighted by atomic mass is 10.4. The largest absolute Gasteiger partial charge is 0.0878 e. The molecule has 1 rings (SSSR count). The van der Waals surface area contributed by atoms with Gasteiger partial charge >= 0.3 is 0 Å². The van der Waals surface area contributed by atoms with Gasteiger partial charge in [0.1, 0.15) is 0 Å². The van der Waals surface area contributed by atoms with Gasteiger partial charge in [0.25, 0.3) is 0 Å². The van der Waals surface area contributed by atoms with Crippen LogP contribution >= 0.6 is 63.7 Å². The Morgan fingerprint density at radius 3 is 1.22 bits per heavy atom. The van der Waals surface area contributed by atoms with Crippen LogP contribution in [0.1, 0.15) is 6.42 Å². The third kappa shape index (κ3) is 1.94. The van der Waals surface area contributed by atoms with Crippen molar-refractivity contribution in [2.24, 2.45) is 0 Å². The lowest BCUT2D eigenvalue weighted by Gasteiger charge is -2.08. The summed E-state index contributed by atoms with van der Waals surface area (Å²) in [6.07, 6.45) is 1.19. The summed E-state index contributed by atoms with van der Waals surface area (Å²) < 4.78 is 0. The van der Waals surface area contributed by atoms with Gasteiger partial charge in [0.05, 0.1) is 0 Å². The lowest BCUT2D eigenvalue weighted by Crippen LogP contribution is -2.16. The first-order valence-corrected chi connectivity index (χ1v) is 6.35. The molecule has 1 saturated carbocycles. The van der Waals surface area contributed by atoms with Crippen molar-refractivity contribution in [3.63, 3.8) is 0 Å². The van der Waals surface area contributed by atoms with Crippen molar-refractivity contribution in [3.05, 3.63) is 0 Å².